The van der Waals surface area contributed by atoms with E-state index in [4.69, 9.17) is 14.2 Å². The summed E-state index contributed by atoms with van der Waals surface area (Å²) in [6.07, 6.45) is 1.72. The Morgan fingerprint density at radius 3 is 2.49 bits per heavy atom. The molecule has 0 bridgehead atoms. The van der Waals surface area contributed by atoms with Crippen LogP contribution in [0.3, 0.4) is 0 Å². The van der Waals surface area contributed by atoms with Crippen molar-refractivity contribution in [2.45, 2.75) is 33.7 Å². The van der Waals surface area contributed by atoms with E-state index in [9.17, 15) is 14.7 Å². The SMILES string of the molecule is CCOC(=O)C1=C(C)N=c2sc(=Cc3cc(OCC)c(O)cc3Br)c(=O)n2C1c1ccc(OCC)cc1. The molecule has 37 heavy (non-hydrogen) atoms. The molecule has 1 atom stereocenters. The molecule has 1 aliphatic heterocycles. The number of fused-ring (bicyclic) bond motifs is 1. The summed E-state index contributed by atoms with van der Waals surface area (Å²) in [5.74, 6) is 0.494. The highest BCUT2D eigenvalue weighted by atomic mass is 79.9. The molecule has 10 heteroatoms. The first kappa shape index (κ1) is 26.7. The van der Waals surface area contributed by atoms with E-state index in [0.717, 1.165) is 5.56 Å². The summed E-state index contributed by atoms with van der Waals surface area (Å²) in [6.45, 7) is 8.32. The van der Waals surface area contributed by atoms with Gasteiger partial charge in [-0.3, -0.25) is 9.36 Å². The topological polar surface area (TPSA) is 99.4 Å². The van der Waals surface area contributed by atoms with Crippen LogP contribution in [0.15, 0.2) is 61.9 Å². The second kappa shape index (κ2) is 11.4. The predicted molar refractivity (Wildman–Crippen MR) is 145 cm³/mol. The second-order valence-corrected chi connectivity index (χ2v) is 9.94. The number of ether oxygens (including phenoxy) is 3. The zero-order chi connectivity index (χ0) is 26.7. The molecule has 2 aromatic carbocycles. The number of phenols is 1. The lowest BCUT2D eigenvalue weighted by atomic mass is 9.96. The highest BCUT2D eigenvalue weighted by molar-refractivity contribution is 9.10. The van der Waals surface area contributed by atoms with Crippen LogP contribution in [0.1, 0.15) is 44.9 Å². The fourth-order valence-corrected chi connectivity index (χ4v) is 5.58. The first-order valence-corrected chi connectivity index (χ1v) is 13.5. The van der Waals surface area contributed by atoms with Gasteiger partial charge in [-0.15, -0.1) is 0 Å². The van der Waals surface area contributed by atoms with Gasteiger partial charge >= 0.3 is 5.97 Å². The third kappa shape index (κ3) is 5.35. The number of benzene rings is 2. The molecule has 1 aromatic heterocycles. The Balaban J connectivity index is 1.92. The van der Waals surface area contributed by atoms with E-state index in [0.29, 0.717) is 55.4 Å². The van der Waals surface area contributed by atoms with Gasteiger partial charge < -0.3 is 19.3 Å². The van der Waals surface area contributed by atoms with Gasteiger partial charge in [0.15, 0.2) is 16.3 Å². The molecule has 0 saturated carbocycles. The third-order valence-electron chi connectivity index (χ3n) is 5.69. The van der Waals surface area contributed by atoms with Gasteiger partial charge in [0.1, 0.15) is 5.75 Å². The Morgan fingerprint density at radius 1 is 1.14 bits per heavy atom. The number of nitrogens with zero attached hydrogens (tertiary/aromatic N) is 2. The maximum absolute atomic E-state index is 13.8. The lowest BCUT2D eigenvalue weighted by molar-refractivity contribution is -0.139. The number of rotatable bonds is 8. The highest BCUT2D eigenvalue weighted by Crippen LogP contribution is 2.34. The Bertz CT molecular complexity index is 1540. The predicted octanol–water partition coefficient (Wildman–Crippen LogP) is 4.06. The number of phenolic OH excluding ortho intramolecular Hbond substituents is 1. The number of carbonyl (C=O) groups is 1. The molecule has 1 unspecified atom stereocenters. The lowest BCUT2D eigenvalue weighted by Crippen LogP contribution is -2.39. The number of carbonyl (C=O) groups excluding carboxylic acids is 1. The molecule has 2 heterocycles. The smallest absolute Gasteiger partial charge is 0.338 e. The van der Waals surface area contributed by atoms with Crippen molar-refractivity contribution in [1.82, 2.24) is 4.57 Å². The molecule has 1 aliphatic rings. The average molecular weight is 587 g/mol. The summed E-state index contributed by atoms with van der Waals surface area (Å²) in [7, 11) is 0. The van der Waals surface area contributed by atoms with E-state index in [2.05, 4.69) is 20.9 Å². The molecule has 3 aromatic rings. The van der Waals surface area contributed by atoms with Crippen LogP contribution in [0.5, 0.6) is 17.2 Å². The molecule has 0 aliphatic carbocycles. The highest BCUT2D eigenvalue weighted by Gasteiger charge is 2.33. The second-order valence-electron chi connectivity index (χ2n) is 8.08. The molecule has 194 valence electrons. The van der Waals surface area contributed by atoms with Gasteiger partial charge in [0.05, 0.1) is 41.7 Å². The minimum Gasteiger partial charge on any atom is -0.504 e. The Labute approximate surface area is 226 Å². The van der Waals surface area contributed by atoms with Crippen LogP contribution in [0, 0.1) is 0 Å². The van der Waals surface area contributed by atoms with Crippen molar-refractivity contribution in [1.29, 1.82) is 0 Å². The normalized spacial score (nSPS) is 15.3. The zero-order valence-corrected chi connectivity index (χ0v) is 23.3. The quantitative estimate of drug-likeness (QED) is 0.399. The molecule has 8 nitrogen and oxygen atoms in total. The molecule has 0 spiro atoms. The van der Waals surface area contributed by atoms with E-state index in [-0.39, 0.29) is 17.9 Å². The number of aromatic hydroxyl groups is 1. The number of thiazole rings is 1. The Hall–Kier alpha value is -3.37. The van der Waals surface area contributed by atoms with Gasteiger partial charge in [-0.1, -0.05) is 39.4 Å². The van der Waals surface area contributed by atoms with Gasteiger partial charge in [-0.25, -0.2) is 9.79 Å². The van der Waals surface area contributed by atoms with Crippen LogP contribution in [0.4, 0.5) is 0 Å². The Kier molecular flexibility index (Phi) is 8.19. The van der Waals surface area contributed by atoms with Crippen molar-refractivity contribution < 1.29 is 24.1 Å². The van der Waals surface area contributed by atoms with E-state index < -0.39 is 12.0 Å². The molecular formula is C27H27BrN2O6S. The van der Waals surface area contributed by atoms with Crippen molar-refractivity contribution in [2.75, 3.05) is 19.8 Å². The third-order valence-corrected chi connectivity index (χ3v) is 7.36. The Morgan fingerprint density at radius 2 is 1.84 bits per heavy atom. The molecule has 1 N–H and O–H groups in total. The van der Waals surface area contributed by atoms with Gasteiger partial charge in [0.2, 0.25) is 0 Å². The minimum absolute atomic E-state index is 0.00228. The molecule has 0 amide bonds. The summed E-state index contributed by atoms with van der Waals surface area (Å²) in [4.78, 5) is 31.9. The zero-order valence-electron chi connectivity index (χ0n) is 20.9. The van der Waals surface area contributed by atoms with E-state index in [1.54, 1.807) is 26.0 Å². The number of allylic oxidation sites excluding steroid dienone is 1. The van der Waals surface area contributed by atoms with Crippen LogP contribution in [0.2, 0.25) is 0 Å². The number of aromatic nitrogens is 1. The van der Waals surface area contributed by atoms with Crippen LogP contribution in [-0.4, -0.2) is 35.5 Å². The molecule has 0 fully saturated rings. The van der Waals surface area contributed by atoms with Gasteiger partial charge in [-0.2, -0.15) is 0 Å². The van der Waals surface area contributed by atoms with Crippen molar-refractivity contribution in [3.8, 4) is 17.2 Å². The van der Waals surface area contributed by atoms with Crippen LogP contribution < -0.4 is 24.4 Å². The molecule has 4 rings (SSSR count). The monoisotopic (exact) mass is 586 g/mol. The van der Waals surface area contributed by atoms with Crippen LogP contribution in [0.25, 0.3) is 6.08 Å². The summed E-state index contributed by atoms with van der Waals surface area (Å²) < 4.78 is 19.0. The number of hydrogen-bond donors (Lipinski definition) is 1. The number of hydrogen-bond acceptors (Lipinski definition) is 8. The maximum atomic E-state index is 13.8. The average Bonchev–Trinajstić information content (AvgIpc) is 3.16. The minimum atomic E-state index is -0.713. The standard InChI is InChI=1S/C27H27BrN2O6S/c1-5-34-18-10-8-16(9-11-18)24-23(26(33)36-7-3)15(4)29-27-30(24)25(32)22(37-27)13-17-12-21(35-6-2)20(31)14-19(17)28/h8-14,24,31H,5-7H2,1-4H3. The van der Waals surface area contributed by atoms with Gasteiger partial charge in [0.25, 0.3) is 5.56 Å². The van der Waals surface area contributed by atoms with Crippen molar-refractivity contribution in [3.63, 3.8) is 0 Å². The van der Waals surface area contributed by atoms with E-state index in [1.165, 1.54) is 22.0 Å². The summed E-state index contributed by atoms with van der Waals surface area (Å²) in [6, 6.07) is 9.80. The summed E-state index contributed by atoms with van der Waals surface area (Å²) >= 11 is 4.68. The van der Waals surface area contributed by atoms with E-state index >= 15 is 0 Å². The molecule has 0 saturated heterocycles. The summed E-state index contributed by atoms with van der Waals surface area (Å²) in [5.41, 5.74) is 1.90. The van der Waals surface area contributed by atoms with Crippen LogP contribution in [-0.2, 0) is 9.53 Å². The molecular weight excluding hydrogens is 560 g/mol. The van der Waals surface area contributed by atoms with Gasteiger partial charge in [0, 0.05) is 4.47 Å². The maximum Gasteiger partial charge on any atom is 0.338 e. The first-order valence-electron chi connectivity index (χ1n) is 11.9. The fraction of sp³-hybridized carbons (Fsp3) is 0.296. The van der Waals surface area contributed by atoms with Crippen LogP contribution >= 0.6 is 27.3 Å². The molecule has 0 radical (unpaired) electrons. The number of esters is 1. The first-order chi connectivity index (χ1) is 17.8. The van der Waals surface area contributed by atoms with E-state index in [1.807, 2.05) is 38.1 Å². The van der Waals surface area contributed by atoms with Crippen molar-refractivity contribution in [2.24, 2.45) is 4.99 Å². The van der Waals surface area contributed by atoms with Crippen molar-refractivity contribution >= 4 is 39.3 Å². The largest absolute Gasteiger partial charge is 0.504 e. The fourth-order valence-electron chi connectivity index (χ4n) is 4.10. The van der Waals surface area contributed by atoms with Gasteiger partial charge in [-0.05, 0) is 69.2 Å². The summed E-state index contributed by atoms with van der Waals surface area (Å²) in [5, 5.41) is 10.2. The number of halogens is 1. The van der Waals surface area contributed by atoms with Crippen molar-refractivity contribution in [3.05, 3.63) is 83.0 Å². The lowest BCUT2D eigenvalue weighted by Gasteiger charge is -2.24.